The lowest BCUT2D eigenvalue weighted by molar-refractivity contribution is -0.141. The number of carbonyl (C=O) groups is 2. The Morgan fingerprint density at radius 2 is 2.00 bits per heavy atom. The number of amides is 1. The van der Waals surface area contributed by atoms with Gasteiger partial charge in [0.1, 0.15) is 0 Å². The molecule has 0 radical (unpaired) electrons. The van der Waals surface area contributed by atoms with E-state index in [0.29, 0.717) is 25.8 Å². The van der Waals surface area contributed by atoms with E-state index in [9.17, 15) is 9.59 Å². The normalized spacial score (nSPS) is 24.8. The molecule has 3 N–H and O–H groups in total. The van der Waals surface area contributed by atoms with Crippen LogP contribution < -0.4 is 5.32 Å². The van der Waals surface area contributed by atoms with Crippen molar-refractivity contribution in [3.8, 4) is 0 Å². The quantitative estimate of drug-likeness (QED) is 0.594. The molecule has 3 atom stereocenters. The SMILES string of the molecule is CC(CO)CCCNC(=O)[C@@H]1CC[C@H](C(=O)O)C1. The molecule has 5 heteroatoms. The number of nitrogens with one attached hydrogen (secondary N) is 1. The third-order valence-electron chi connectivity index (χ3n) is 3.64. The minimum Gasteiger partial charge on any atom is -0.481 e. The third-order valence-corrected chi connectivity index (χ3v) is 3.64. The van der Waals surface area contributed by atoms with Gasteiger partial charge in [-0.25, -0.2) is 0 Å². The van der Waals surface area contributed by atoms with Crippen LogP contribution in [0, 0.1) is 17.8 Å². The summed E-state index contributed by atoms with van der Waals surface area (Å²) in [4.78, 5) is 22.6. The number of carboxylic acid groups (broad SMARTS) is 1. The highest BCUT2D eigenvalue weighted by Gasteiger charge is 2.33. The lowest BCUT2D eigenvalue weighted by Gasteiger charge is -2.12. The molecule has 0 aromatic rings. The number of carbonyl (C=O) groups excluding carboxylic acids is 1. The molecule has 0 aliphatic heterocycles. The molecule has 0 saturated heterocycles. The molecule has 0 bridgehead atoms. The van der Waals surface area contributed by atoms with Crippen molar-refractivity contribution >= 4 is 11.9 Å². The Kier molecular flexibility index (Phi) is 6.12. The number of aliphatic carboxylic acids is 1. The summed E-state index contributed by atoms with van der Waals surface area (Å²) in [6.45, 7) is 2.75. The number of hydrogen-bond donors (Lipinski definition) is 3. The fourth-order valence-corrected chi connectivity index (χ4v) is 2.34. The van der Waals surface area contributed by atoms with E-state index in [1.807, 2.05) is 6.92 Å². The van der Waals surface area contributed by atoms with E-state index in [1.165, 1.54) is 0 Å². The second-order valence-corrected chi connectivity index (χ2v) is 5.27. The van der Waals surface area contributed by atoms with Crippen LogP contribution in [0.25, 0.3) is 0 Å². The Morgan fingerprint density at radius 3 is 2.56 bits per heavy atom. The largest absolute Gasteiger partial charge is 0.481 e. The summed E-state index contributed by atoms with van der Waals surface area (Å²) >= 11 is 0. The summed E-state index contributed by atoms with van der Waals surface area (Å²) in [7, 11) is 0. The number of carboxylic acids is 1. The van der Waals surface area contributed by atoms with E-state index >= 15 is 0 Å². The molecular weight excluding hydrogens is 234 g/mol. The van der Waals surface area contributed by atoms with Gasteiger partial charge in [-0.3, -0.25) is 9.59 Å². The first-order valence-corrected chi connectivity index (χ1v) is 6.66. The summed E-state index contributed by atoms with van der Waals surface area (Å²) in [5.74, 6) is -1.03. The van der Waals surface area contributed by atoms with Crippen LogP contribution in [0.1, 0.15) is 39.0 Å². The first-order valence-electron chi connectivity index (χ1n) is 6.66. The predicted octanol–water partition coefficient (Wildman–Crippen LogP) is 1.01. The van der Waals surface area contributed by atoms with Crippen molar-refractivity contribution in [1.29, 1.82) is 0 Å². The van der Waals surface area contributed by atoms with Crippen molar-refractivity contribution in [2.45, 2.75) is 39.0 Å². The van der Waals surface area contributed by atoms with Crippen LogP contribution in [0.4, 0.5) is 0 Å². The zero-order chi connectivity index (χ0) is 13.5. The maximum Gasteiger partial charge on any atom is 0.306 e. The van der Waals surface area contributed by atoms with Crippen LogP contribution in [0.3, 0.4) is 0 Å². The molecular formula is C13H23NO4. The Balaban J connectivity index is 2.16. The van der Waals surface area contributed by atoms with Gasteiger partial charge in [0.15, 0.2) is 0 Å². The molecule has 18 heavy (non-hydrogen) atoms. The second kappa shape index (κ2) is 7.36. The number of hydrogen-bond acceptors (Lipinski definition) is 3. The minimum atomic E-state index is -0.790. The van der Waals surface area contributed by atoms with Crippen molar-refractivity contribution in [3.63, 3.8) is 0 Å². The smallest absolute Gasteiger partial charge is 0.306 e. The molecule has 5 nitrogen and oxygen atoms in total. The highest BCUT2D eigenvalue weighted by atomic mass is 16.4. The van der Waals surface area contributed by atoms with Gasteiger partial charge < -0.3 is 15.5 Å². The zero-order valence-electron chi connectivity index (χ0n) is 10.9. The zero-order valence-corrected chi connectivity index (χ0v) is 10.9. The van der Waals surface area contributed by atoms with Gasteiger partial charge in [-0.2, -0.15) is 0 Å². The van der Waals surface area contributed by atoms with Gasteiger partial charge in [-0.1, -0.05) is 6.92 Å². The topological polar surface area (TPSA) is 86.6 Å². The number of aliphatic hydroxyl groups excluding tert-OH is 1. The van der Waals surface area contributed by atoms with Crippen molar-refractivity contribution < 1.29 is 19.8 Å². The van der Waals surface area contributed by atoms with Gasteiger partial charge in [-0.05, 0) is 38.0 Å². The average Bonchev–Trinajstić information content (AvgIpc) is 2.83. The lowest BCUT2D eigenvalue weighted by atomic mass is 10.0. The van der Waals surface area contributed by atoms with Crippen molar-refractivity contribution in [3.05, 3.63) is 0 Å². The van der Waals surface area contributed by atoms with Crippen LogP contribution in [0.2, 0.25) is 0 Å². The summed E-state index contributed by atoms with van der Waals surface area (Å²) in [5, 5.41) is 20.6. The summed E-state index contributed by atoms with van der Waals surface area (Å²) < 4.78 is 0. The molecule has 1 rings (SSSR count). The maximum absolute atomic E-state index is 11.8. The summed E-state index contributed by atoms with van der Waals surface area (Å²) in [6.07, 6.45) is 3.49. The molecule has 1 saturated carbocycles. The molecule has 0 heterocycles. The first-order chi connectivity index (χ1) is 8.54. The molecule has 1 aliphatic carbocycles. The van der Waals surface area contributed by atoms with Gasteiger partial charge in [0.05, 0.1) is 5.92 Å². The standard InChI is InChI=1S/C13H23NO4/c1-9(8-15)3-2-6-14-12(16)10-4-5-11(7-10)13(17)18/h9-11,15H,2-8H2,1H3,(H,14,16)(H,17,18)/t9?,10-,11+/m1/s1. The fraction of sp³-hybridized carbons (Fsp3) is 0.846. The third kappa shape index (κ3) is 4.64. The summed E-state index contributed by atoms with van der Waals surface area (Å²) in [6, 6.07) is 0. The van der Waals surface area contributed by atoms with Crippen LogP contribution in [0.5, 0.6) is 0 Å². The number of aliphatic hydroxyl groups is 1. The predicted molar refractivity (Wildman–Crippen MR) is 67.0 cm³/mol. The van der Waals surface area contributed by atoms with Gasteiger partial charge in [-0.15, -0.1) is 0 Å². The van der Waals surface area contributed by atoms with E-state index in [4.69, 9.17) is 10.2 Å². The Labute approximate surface area is 108 Å². The molecule has 1 amide bonds. The Morgan fingerprint density at radius 1 is 1.33 bits per heavy atom. The van der Waals surface area contributed by atoms with E-state index in [2.05, 4.69) is 5.32 Å². The van der Waals surface area contributed by atoms with Gasteiger partial charge in [0.25, 0.3) is 0 Å². The van der Waals surface area contributed by atoms with Crippen LogP contribution in [-0.4, -0.2) is 35.2 Å². The molecule has 1 unspecified atom stereocenters. The highest BCUT2D eigenvalue weighted by Crippen LogP contribution is 2.31. The van der Waals surface area contributed by atoms with E-state index < -0.39 is 5.97 Å². The minimum absolute atomic E-state index is 0.0181. The highest BCUT2D eigenvalue weighted by molar-refractivity contribution is 5.80. The Bertz CT molecular complexity index is 293. The molecule has 1 aliphatic rings. The van der Waals surface area contributed by atoms with Crippen LogP contribution in [0.15, 0.2) is 0 Å². The molecule has 1 fully saturated rings. The van der Waals surface area contributed by atoms with E-state index in [1.54, 1.807) is 0 Å². The second-order valence-electron chi connectivity index (χ2n) is 5.27. The van der Waals surface area contributed by atoms with Crippen molar-refractivity contribution in [1.82, 2.24) is 5.32 Å². The fourth-order valence-electron chi connectivity index (χ4n) is 2.34. The monoisotopic (exact) mass is 257 g/mol. The van der Waals surface area contributed by atoms with E-state index in [-0.39, 0.29) is 30.3 Å². The molecule has 0 aromatic heterocycles. The number of rotatable bonds is 7. The lowest BCUT2D eigenvalue weighted by Crippen LogP contribution is -2.30. The molecule has 0 aromatic carbocycles. The Hall–Kier alpha value is -1.10. The van der Waals surface area contributed by atoms with Crippen LogP contribution in [-0.2, 0) is 9.59 Å². The van der Waals surface area contributed by atoms with Crippen LogP contribution >= 0.6 is 0 Å². The van der Waals surface area contributed by atoms with Crippen molar-refractivity contribution in [2.75, 3.05) is 13.2 Å². The first kappa shape index (κ1) is 15.0. The van der Waals surface area contributed by atoms with Gasteiger partial charge in [0, 0.05) is 19.1 Å². The molecule has 104 valence electrons. The van der Waals surface area contributed by atoms with Gasteiger partial charge >= 0.3 is 5.97 Å². The van der Waals surface area contributed by atoms with Crippen molar-refractivity contribution in [2.24, 2.45) is 17.8 Å². The maximum atomic E-state index is 11.8. The van der Waals surface area contributed by atoms with E-state index in [0.717, 1.165) is 12.8 Å². The average molecular weight is 257 g/mol. The molecule has 0 spiro atoms. The summed E-state index contributed by atoms with van der Waals surface area (Å²) in [5.41, 5.74) is 0. The van der Waals surface area contributed by atoms with Gasteiger partial charge in [0.2, 0.25) is 5.91 Å².